The summed E-state index contributed by atoms with van der Waals surface area (Å²) in [4.78, 5) is 41.1. The molecule has 6 heteroatoms. The van der Waals surface area contributed by atoms with Crippen LogP contribution < -0.4 is 11.3 Å². The number of fused-ring (bicyclic) bond motifs is 1. The summed E-state index contributed by atoms with van der Waals surface area (Å²) < 4.78 is 24.6. The number of carbonyl (C=O) groups excluding carboxylic acids is 2. The van der Waals surface area contributed by atoms with Crippen LogP contribution in [0.3, 0.4) is 0 Å². The number of anilines is 1. The molecular formula is C15H15N3O3. The Morgan fingerprint density at radius 2 is 2.14 bits per heavy atom. The van der Waals surface area contributed by atoms with Crippen molar-refractivity contribution in [2.45, 2.75) is 32.2 Å². The number of nitrogens with zero attached hydrogens (tertiary/aromatic N) is 2. The molecule has 1 aliphatic rings. The van der Waals surface area contributed by atoms with Gasteiger partial charge in [-0.15, -0.1) is 0 Å². The number of aryl methyl sites for hydroxylation is 1. The highest BCUT2D eigenvalue weighted by Gasteiger charge is 2.30. The summed E-state index contributed by atoms with van der Waals surface area (Å²) in [5, 5.41) is 0.112. The Bertz CT molecular complexity index is 939. The van der Waals surface area contributed by atoms with E-state index in [1.807, 2.05) is 0 Å². The van der Waals surface area contributed by atoms with Gasteiger partial charge in [0.15, 0.2) is 5.78 Å². The predicted molar refractivity (Wildman–Crippen MR) is 78.1 cm³/mol. The number of rotatable bonds is 1. The van der Waals surface area contributed by atoms with E-state index in [-0.39, 0.29) is 16.9 Å². The summed E-state index contributed by atoms with van der Waals surface area (Å²) >= 11 is 0. The molecule has 1 fully saturated rings. The van der Waals surface area contributed by atoms with Crippen LogP contribution in [0.25, 0.3) is 10.9 Å². The fourth-order valence-electron chi connectivity index (χ4n) is 2.50. The molecule has 0 spiro atoms. The van der Waals surface area contributed by atoms with Gasteiger partial charge in [-0.3, -0.25) is 19.0 Å². The highest BCUT2D eigenvalue weighted by molar-refractivity contribution is 6.03. The number of nitrogen functional groups attached to an aromatic ring is 1. The van der Waals surface area contributed by atoms with E-state index in [0.717, 1.165) is 4.57 Å². The molecule has 2 atom stereocenters. The number of hydrogen-bond acceptors (Lipinski definition) is 5. The van der Waals surface area contributed by atoms with E-state index in [0.29, 0.717) is 5.52 Å². The largest absolute Gasteiger partial charge is 0.398 e. The Kier molecular flexibility index (Phi) is 2.35. The van der Waals surface area contributed by atoms with Crippen molar-refractivity contribution in [1.29, 1.82) is 0 Å². The number of Topliss-reactive ketones (excluding diaryl/α,β-unsaturated/α-hetero) is 2. The summed E-state index contributed by atoms with van der Waals surface area (Å²) in [5.74, 6) is -1.45. The molecular weight excluding hydrogens is 270 g/mol. The summed E-state index contributed by atoms with van der Waals surface area (Å²) in [5.41, 5.74) is 5.76. The molecule has 21 heavy (non-hydrogen) atoms. The lowest BCUT2D eigenvalue weighted by Crippen LogP contribution is -2.36. The van der Waals surface area contributed by atoms with E-state index in [1.165, 1.54) is 13.0 Å². The Labute approximate surface area is 124 Å². The summed E-state index contributed by atoms with van der Waals surface area (Å²) in [7, 11) is 0. The average molecular weight is 288 g/mol. The minimum atomic E-state index is -2.51. The number of benzene rings is 1. The van der Waals surface area contributed by atoms with Gasteiger partial charge in [0.1, 0.15) is 11.6 Å². The third kappa shape index (κ3) is 2.12. The van der Waals surface area contributed by atoms with Gasteiger partial charge in [-0.2, -0.15) is 0 Å². The van der Waals surface area contributed by atoms with Crippen molar-refractivity contribution in [1.82, 2.24) is 9.55 Å². The highest BCUT2D eigenvalue weighted by atomic mass is 16.2. The topological polar surface area (TPSA) is 95.1 Å². The van der Waals surface area contributed by atoms with Gasteiger partial charge in [0, 0.05) is 16.2 Å². The SMILES string of the molecule is [2H]C1C(n2c(C)nc3cccc(N)c3c2=O)C(=O)CC(=O)C1([2H])[2H]. The fourth-order valence-corrected chi connectivity index (χ4v) is 2.50. The van der Waals surface area contributed by atoms with Crippen molar-refractivity contribution in [3.63, 3.8) is 0 Å². The minimum absolute atomic E-state index is 0.112. The zero-order valence-electron chi connectivity index (χ0n) is 14.3. The molecule has 108 valence electrons. The van der Waals surface area contributed by atoms with Crippen LogP contribution in [-0.4, -0.2) is 21.1 Å². The Hall–Kier alpha value is -2.50. The molecule has 3 rings (SSSR count). The van der Waals surface area contributed by atoms with Crippen molar-refractivity contribution < 1.29 is 13.7 Å². The molecule has 0 bridgehead atoms. The summed E-state index contributed by atoms with van der Waals surface area (Å²) in [6.07, 6.45) is -4.89. The zero-order valence-corrected chi connectivity index (χ0v) is 11.3. The Morgan fingerprint density at radius 3 is 2.90 bits per heavy atom. The first-order chi connectivity index (χ1) is 11.2. The van der Waals surface area contributed by atoms with Crippen LogP contribution in [0.4, 0.5) is 5.69 Å². The smallest absolute Gasteiger partial charge is 0.264 e. The van der Waals surface area contributed by atoms with Gasteiger partial charge in [-0.05, 0) is 25.5 Å². The van der Waals surface area contributed by atoms with Crippen molar-refractivity contribution in [3.05, 3.63) is 34.4 Å². The molecule has 6 nitrogen and oxygen atoms in total. The van der Waals surface area contributed by atoms with Gasteiger partial charge >= 0.3 is 0 Å². The highest BCUT2D eigenvalue weighted by Crippen LogP contribution is 2.24. The number of aromatic nitrogens is 2. The van der Waals surface area contributed by atoms with Crippen molar-refractivity contribution in [3.8, 4) is 0 Å². The third-order valence-electron chi connectivity index (χ3n) is 3.48. The monoisotopic (exact) mass is 288 g/mol. The lowest BCUT2D eigenvalue weighted by Gasteiger charge is -2.24. The zero-order chi connectivity index (χ0) is 17.8. The van der Waals surface area contributed by atoms with Crippen LogP contribution in [0, 0.1) is 6.92 Å². The van der Waals surface area contributed by atoms with Crippen LogP contribution in [0.5, 0.6) is 0 Å². The fraction of sp³-hybridized carbons (Fsp3) is 0.333. The van der Waals surface area contributed by atoms with Crippen LogP contribution in [0.2, 0.25) is 0 Å². The lowest BCUT2D eigenvalue weighted by molar-refractivity contribution is -0.132. The van der Waals surface area contributed by atoms with Gasteiger partial charge in [0.2, 0.25) is 0 Å². The van der Waals surface area contributed by atoms with E-state index >= 15 is 0 Å². The van der Waals surface area contributed by atoms with E-state index in [1.54, 1.807) is 12.1 Å². The molecule has 1 aliphatic carbocycles. The standard InChI is InChI=1S/C15H15N3O3/c1-8-17-11-4-2-3-10(16)14(11)15(21)18(8)12-6-5-9(19)7-13(12)20/h2-4,12H,5-7,16H2,1H3/i5D2,6D. The number of nitrogens with two attached hydrogens (primary N) is 1. The lowest BCUT2D eigenvalue weighted by atomic mass is 9.92. The quantitative estimate of drug-likeness (QED) is 0.627. The molecule has 1 aromatic carbocycles. The number of ketones is 2. The van der Waals surface area contributed by atoms with E-state index in [9.17, 15) is 14.4 Å². The Morgan fingerprint density at radius 1 is 1.38 bits per heavy atom. The average Bonchev–Trinajstić information content (AvgIpc) is 2.48. The molecule has 0 aliphatic heterocycles. The normalized spacial score (nSPS) is 27.2. The third-order valence-corrected chi connectivity index (χ3v) is 3.48. The van der Waals surface area contributed by atoms with Crippen molar-refractivity contribution >= 4 is 28.2 Å². The van der Waals surface area contributed by atoms with Crippen molar-refractivity contribution in [2.75, 3.05) is 5.73 Å². The molecule has 0 saturated heterocycles. The number of hydrogen-bond donors (Lipinski definition) is 1. The number of carbonyl (C=O) groups is 2. The minimum Gasteiger partial charge on any atom is -0.398 e. The second-order valence-corrected chi connectivity index (χ2v) is 4.90. The summed E-state index contributed by atoms with van der Waals surface area (Å²) in [6, 6.07) is 3.36. The predicted octanol–water partition coefficient (Wildman–Crippen LogP) is 1.15. The first-order valence-corrected chi connectivity index (χ1v) is 6.42. The molecule has 1 aromatic heterocycles. The van der Waals surface area contributed by atoms with Gasteiger partial charge < -0.3 is 5.73 Å². The first kappa shape index (κ1) is 10.3. The van der Waals surface area contributed by atoms with E-state index in [4.69, 9.17) is 9.85 Å². The maximum atomic E-state index is 12.9. The van der Waals surface area contributed by atoms with E-state index in [2.05, 4.69) is 4.98 Å². The second kappa shape index (κ2) is 4.80. The maximum absolute atomic E-state index is 12.9. The van der Waals surface area contributed by atoms with Crippen LogP contribution in [0.15, 0.2) is 23.0 Å². The maximum Gasteiger partial charge on any atom is 0.264 e. The van der Waals surface area contributed by atoms with Crippen molar-refractivity contribution in [2.24, 2.45) is 0 Å². The summed E-state index contributed by atoms with van der Waals surface area (Å²) in [6.45, 7) is 1.50. The Balaban J connectivity index is 2.30. The molecule has 2 N–H and O–H groups in total. The first-order valence-electron chi connectivity index (χ1n) is 7.99. The molecule has 2 unspecified atom stereocenters. The van der Waals surface area contributed by atoms with Crippen LogP contribution in [0.1, 0.15) is 35.2 Å². The van der Waals surface area contributed by atoms with Crippen LogP contribution >= 0.6 is 0 Å². The van der Waals surface area contributed by atoms with Gasteiger partial charge in [0.05, 0.1) is 23.4 Å². The molecule has 0 amide bonds. The molecule has 1 heterocycles. The van der Waals surface area contributed by atoms with Crippen LogP contribution in [-0.2, 0) is 9.59 Å². The van der Waals surface area contributed by atoms with E-state index < -0.39 is 42.4 Å². The van der Waals surface area contributed by atoms with Gasteiger partial charge in [-0.1, -0.05) is 6.07 Å². The van der Waals surface area contributed by atoms with Gasteiger partial charge in [-0.25, -0.2) is 4.98 Å². The molecule has 1 saturated carbocycles. The second-order valence-electron chi connectivity index (χ2n) is 4.90. The molecule has 0 radical (unpaired) electrons. The molecule has 2 aromatic rings. The van der Waals surface area contributed by atoms with Gasteiger partial charge in [0.25, 0.3) is 5.56 Å².